The fraction of sp³-hybridized carbons (Fsp3) is 0.800. The smallest absolute Gasteiger partial charge is 0.407 e. The van der Waals surface area contributed by atoms with E-state index in [2.05, 4.69) is 10.5 Å². The Morgan fingerprint density at radius 1 is 1.89 bits per heavy atom. The fourth-order valence-electron chi connectivity index (χ4n) is 0.412. The van der Waals surface area contributed by atoms with Crippen LogP contribution in [0.3, 0.4) is 0 Å². The number of primary amides is 1. The van der Waals surface area contributed by atoms with E-state index in [1.807, 2.05) is 0 Å². The first kappa shape index (κ1) is 8.20. The molecule has 4 heteroatoms. The summed E-state index contributed by atoms with van der Waals surface area (Å²) in [5.74, 6) is 0. The van der Waals surface area contributed by atoms with Gasteiger partial charge in [-0.25, -0.2) is 9.18 Å². The number of carbonyl (C=O) groups excluding carboxylic acids is 1. The Labute approximate surface area is 53.0 Å². The van der Waals surface area contributed by atoms with Gasteiger partial charge in [-0.1, -0.05) is 6.92 Å². The number of nitrogens with two attached hydrogens (primary N) is 1. The van der Waals surface area contributed by atoms with Gasteiger partial charge in [0.25, 0.3) is 0 Å². The molecule has 1 amide bonds. The average Bonchev–Trinajstić information content (AvgIpc) is 1.63. The molecule has 0 aliphatic rings. The normalized spacial score (nSPS) is 12.7. The Kier molecular flexibility index (Phi) is 3.75. The van der Waals surface area contributed by atoms with E-state index in [4.69, 9.17) is 0 Å². The first-order valence-corrected chi connectivity index (χ1v) is 2.77. The zero-order valence-electron chi connectivity index (χ0n) is 5.26. The van der Waals surface area contributed by atoms with Crippen molar-refractivity contribution in [1.82, 2.24) is 0 Å². The average molecular weight is 135 g/mol. The van der Waals surface area contributed by atoms with E-state index < -0.39 is 12.5 Å². The molecule has 3 nitrogen and oxygen atoms in total. The molecule has 0 radical (unpaired) electrons. The van der Waals surface area contributed by atoms with E-state index in [9.17, 15) is 9.18 Å². The third-order valence-corrected chi connectivity index (χ3v) is 0.760. The van der Waals surface area contributed by atoms with Gasteiger partial charge in [-0.2, -0.15) is 0 Å². The molecule has 1 unspecified atom stereocenters. The number of hydrogen-bond donors (Lipinski definition) is 1. The summed E-state index contributed by atoms with van der Waals surface area (Å²) in [6.45, 7) is 1.79. The summed E-state index contributed by atoms with van der Waals surface area (Å²) in [6, 6.07) is 0. The van der Waals surface area contributed by atoms with Gasteiger partial charge in [-0.3, -0.25) is 0 Å². The topological polar surface area (TPSA) is 52.3 Å². The van der Waals surface area contributed by atoms with Crippen molar-refractivity contribution in [2.75, 3.05) is 0 Å². The van der Waals surface area contributed by atoms with Crippen LogP contribution in [-0.4, -0.2) is 12.5 Å². The van der Waals surface area contributed by atoms with Crippen LogP contribution in [0.4, 0.5) is 9.18 Å². The number of hydrogen-bond acceptors (Lipinski definition) is 2. The standard InChI is InChI=1S/C5H10FNO2/c1-2-3-4(6)9-5(7)8/h4H,2-3H2,1H3,(H2,7,8). The summed E-state index contributed by atoms with van der Waals surface area (Å²) < 4.78 is 16.1. The van der Waals surface area contributed by atoms with Crippen molar-refractivity contribution < 1.29 is 13.9 Å². The van der Waals surface area contributed by atoms with Gasteiger partial charge in [0.05, 0.1) is 0 Å². The molecule has 0 fully saturated rings. The van der Waals surface area contributed by atoms with Crippen molar-refractivity contribution in [2.24, 2.45) is 5.73 Å². The van der Waals surface area contributed by atoms with Crippen molar-refractivity contribution in [3.63, 3.8) is 0 Å². The lowest BCUT2D eigenvalue weighted by molar-refractivity contribution is 0.0133. The summed E-state index contributed by atoms with van der Waals surface area (Å²) in [7, 11) is 0. The number of carbonyl (C=O) groups is 1. The Morgan fingerprint density at radius 2 is 2.44 bits per heavy atom. The van der Waals surface area contributed by atoms with Crippen LogP contribution in [0.2, 0.25) is 0 Å². The molecule has 0 saturated heterocycles. The minimum absolute atomic E-state index is 0.211. The number of ether oxygens (including phenoxy) is 1. The van der Waals surface area contributed by atoms with Crippen molar-refractivity contribution in [2.45, 2.75) is 26.1 Å². The Morgan fingerprint density at radius 3 is 2.78 bits per heavy atom. The second kappa shape index (κ2) is 4.12. The second-order valence-electron chi connectivity index (χ2n) is 1.64. The Bertz CT molecular complexity index is 97.0. The van der Waals surface area contributed by atoms with Crippen LogP contribution in [0, 0.1) is 0 Å². The van der Waals surface area contributed by atoms with Crippen LogP contribution >= 0.6 is 0 Å². The molecule has 0 aromatic heterocycles. The van der Waals surface area contributed by atoms with Crippen LogP contribution in [-0.2, 0) is 4.74 Å². The van der Waals surface area contributed by atoms with Gasteiger partial charge >= 0.3 is 6.09 Å². The van der Waals surface area contributed by atoms with E-state index in [0.29, 0.717) is 6.42 Å². The summed E-state index contributed by atoms with van der Waals surface area (Å²) in [4.78, 5) is 9.84. The molecule has 0 aliphatic heterocycles. The van der Waals surface area contributed by atoms with Crippen molar-refractivity contribution >= 4 is 6.09 Å². The molecule has 0 heterocycles. The van der Waals surface area contributed by atoms with Crippen molar-refractivity contribution in [3.05, 3.63) is 0 Å². The third kappa shape index (κ3) is 5.06. The lowest BCUT2D eigenvalue weighted by Gasteiger charge is -2.04. The first-order chi connectivity index (χ1) is 4.16. The number of halogens is 1. The van der Waals surface area contributed by atoms with Gasteiger partial charge in [0.15, 0.2) is 0 Å². The first-order valence-electron chi connectivity index (χ1n) is 2.77. The van der Waals surface area contributed by atoms with Gasteiger partial charge in [0.2, 0.25) is 6.36 Å². The SMILES string of the molecule is CCCC(F)OC(N)=O. The maximum absolute atomic E-state index is 12.1. The maximum atomic E-state index is 12.1. The largest absolute Gasteiger partial charge is 0.415 e. The molecule has 0 aromatic rings. The summed E-state index contributed by atoms with van der Waals surface area (Å²) >= 11 is 0. The predicted octanol–water partition coefficient (Wildman–Crippen LogP) is 1.18. The Hall–Kier alpha value is -0.800. The van der Waals surface area contributed by atoms with Crippen molar-refractivity contribution in [1.29, 1.82) is 0 Å². The molecule has 0 aromatic carbocycles. The highest BCUT2D eigenvalue weighted by Gasteiger charge is 2.06. The summed E-state index contributed by atoms with van der Waals surface area (Å²) in [5, 5.41) is 0. The molecular weight excluding hydrogens is 125 g/mol. The maximum Gasteiger partial charge on any atom is 0.407 e. The highest BCUT2D eigenvalue weighted by atomic mass is 19.1. The predicted molar refractivity (Wildman–Crippen MR) is 30.5 cm³/mol. The highest BCUT2D eigenvalue weighted by molar-refractivity contribution is 5.64. The lowest BCUT2D eigenvalue weighted by Crippen LogP contribution is -2.18. The highest BCUT2D eigenvalue weighted by Crippen LogP contribution is 2.01. The van der Waals surface area contributed by atoms with Gasteiger partial charge in [-0.05, 0) is 6.42 Å². The van der Waals surface area contributed by atoms with Crippen LogP contribution in [0.25, 0.3) is 0 Å². The zero-order chi connectivity index (χ0) is 7.28. The van der Waals surface area contributed by atoms with Gasteiger partial charge in [-0.15, -0.1) is 0 Å². The summed E-state index contributed by atoms with van der Waals surface area (Å²) in [5.41, 5.74) is 4.52. The monoisotopic (exact) mass is 135 g/mol. The molecular formula is C5H10FNO2. The molecule has 0 rings (SSSR count). The number of amides is 1. The van der Waals surface area contributed by atoms with E-state index in [0.717, 1.165) is 0 Å². The molecule has 0 aliphatic carbocycles. The van der Waals surface area contributed by atoms with Gasteiger partial charge in [0, 0.05) is 6.42 Å². The molecule has 9 heavy (non-hydrogen) atoms. The van der Waals surface area contributed by atoms with Crippen LogP contribution < -0.4 is 5.73 Å². The molecule has 2 N–H and O–H groups in total. The quantitative estimate of drug-likeness (QED) is 0.631. The molecule has 0 spiro atoms. The minimum atomic E-state index is -1.53. The van der Waals surface area contributed by atoms with E-state index >= 15 is 0 Å². The molecule has 0 saturated carbocycles. The summed E-state index contributed by atoms with van der Waals surface area (Å²) in [6.07, 6.45) is -1.75. The van der Waals surface area contributed by atoms with Crippen LogP contribution in [0.5, 0.6) is 0 Å². The van der Waals surface area contributed by atoms with Crippen LogP contribution in [0.1, 0.15) is 19.8 Å². The van der Waals surface area contributed by atoms with Crippen LogP contribution in [0.15, 0.2) is 0 Å². The second-order valence-corrected chi connectivity index (χ2v) is 1.64. The zero-order valence-corrected chi connectivity index (χ0v) is 5.26. The van der Waals surface area contributed by atoms with E-state index in [1.165, 1.54) is 0 Å². The van der Waals surface area contributed by atoms with Crippen molar-refractivity contribution in [3.8, 4) is 0 Å². The lowest BCUT2D eigenvalue weighted by atomic mass is 10.3. The minimum Gasteiger partial charge on any atom is -0.415 e. The van der Waals surface area contributed by atoms with Gasteiger partial charge in [0.1, 0.15) is 0 Å². The molecule has 54 valence electrons. The number of rotatable bonds is 3. The Balaban J connectivity index is 3.26. The fourth-order valence-corrected chi connectivity index (χ4v) is 0.412. The number of alkyl halides is 1. The molecule has 0 bridgehead atoms. The molecule has 1 atom stereocenters. The van der Waals surface area contributed by atoms with E-state index in [-0.39, 0.29) is 6.42 Å². The van der Waals surface area contributed by atoms with E-state index in [1.54, 1.807) is 6.92 Å². The third-order valence-electron chi connectivity index (χ3n) is 0.760. The van der Waals surface area contributed by atoms with Gasteiger partial charge < -0.3 is 10.5 Å².